The second-order valence-electron chi connectivity index (χ2n) is 4.95. The predicted octanol–water partition coefficient (Wildman–Crippen LogP) is 4.88. The van der Waals surface area contributed by atoms with Crippen LogP contribution in [0.1, 0.15) is 36.5 Å². The minimum absolute atomic E-state index is 0.819. The summed E-state index contributed by atoms with van der Waals surface area (Å²) in [7, 11) is 0. The summed E-state index contributed by atoms with van der Waals surface area (Å²) < 4.78 is 0. The molecule has 0 spiro atoms. The van der Waals surface area contributed by atoms with E-state index < -0.39 is 0 Å². The maximum Gasteiger partial charge on any atom is 0.0184 e. The van der Waals surface area contributed by atoms with Crippen molar-refractivity contribution < 1.29 is 0 Å². The van der Waals surface area contributed by atoms with Crippen LogP contribution in [0.5, 0.6) is 0 Å². The largest absolute Gasteiger partial charge is 0.179 e. The second kappa shape index (κ2) is 8.10. The lowest BCUT2D eigenvalue weighted by atomic mass is 10.1. The van der Waals surface area contributed by atoms with E-state index in [1.807, 2.05) is 0 Å². The number of hydrogen-bond donors (Lipinski definition) is 1. The van der Waals surface area contributed by atoms with Gasteiger partial charge in [-0.15, -0.1) is 0 Å². The SMILES string of the molecule is Cc1cc(C)cc(CSCCC(C)CCS)c1. The van der Waals surface area contributed by atoms with E-state index in [1.165, 1.54) is 35.3 Å². The molecule has 1 aromatic rings. The van der Waals surface area contributed by atoms with Gasteiger partial charge in [-0.25, -0.2) is 0 Å². The van der Waals surface area contributed by atoms with Crippen molar-refractivity contribution in [3.05, 3.63) is 34.9 Å². The fourth-order valence-corrected chi connectivity index (χ4v) is 3.55. The van der Waals surface area contributed by atoms with Gasteiger partial charge in [-0.3, -0.25) is 0 Å². The molecule has 0 aliphatic heterocycles. The zero-order valence-corrected chi connectivity index (χ0v) is 12.9. The number of hydrogen-bond acceptors (Lipinski definition) is 2. The van der Waals surface area contributed by atoms with Gasteiger partial charge in [-0.05, 0) is 49.7 Å². The van der Waals surface area contributed by atoms with E-state index in [9.17, 15) is 0 Å². The molecule has 0 saturated heterocycles. The van der Waals surface area contributed by atoms with Crippen molar-refractivity contribution in [3.63, 3.8) is 0 Å². The lowest BCUT2D eigenvalue weighted by Crippen LogP contribution is -1.97. The molecule has 1 rings (SSSR count). The highest BCUT2D eigenvalue weighted by Crippen LogP contribution is 2.19. The number of thioether (sulfide) groups is 1. The van der Waals surface area contributed by atoms with Crippen LogP contribution in [0.25, 0.3) is 0 Å². The van der Waals surface area contributed by atoms with Crippen LogP contribution in [0.2, 0.25) is 0 Å². The maximum absolute atomic E-state index is 4.28. The van der Waals surface area contributed by atoms with Gasteiger partial charge < -0.3 is 0 Å². The van der Waals surface area contributed by atoms with E-state index in [0.29, 0.717) is 0 Å². The van der Waals surface area contributed by atoms with Gasteiger partial charge in [0.1, 0.15) is 0 Å². The minimum Gasteiger partial charge on any atom is -0.179 e. The first kappa shape index (κ1) is 15.0. The van der Waals surface area contributed by atoms with E-state index in [1.54, 1.807) is 0 Å². The van der Waals surface area contributed by atoms with E-state index in [-0.39, 0.29) is 0 Å². The Hall–Kier alpha value is -0.0800. The molecule has 0 nitrogen and oxygen atoms in total. The molecule has 0 saturated carbocycles. The molecule has 17 heavy (non-hydrogen) atoms. The predicted molar refractivity (Wildman–Crippen MR) is 84.3 cm³/mol. The molecule has 0 N–H and O–H groups in total. The molecule has 0 fully saturated rings. The Labute approximate surface area is 116 Å². The van der Waals surface area contributed by atoms with Gasteiger partial charge in [0.2, 0.25) is 0 Å². The van der Waals surface area contributed by atoms with E-state index in [2.05, 4.69) is 63.4 Å². The summed E-state index contributed by atoms with van der Waals surface area (Å²) in [4.78, 5) is 0. The third-order valence-corrected chi connectivity index (χ3v) is 4.25. The highest BCUT2D eigenvalue weighted by atomic mass is 32.2. The molecule has 0 radical (unpaired) electrons. The fraction of sp³-hybridized carbons (Fsp3) is 0.600. The summed E-state index contributed by atoms with van der Waals surface area (Å²) in [6.07, 6.45) is 2.56. The summed E-state index contributed by atoms with van der Waals surface area (Å²) >= 11 is 6.33. The Morgan fingerprint density at radius 2 is 1.76 bits per heavy atom. The Morgan fingerprint density at radius 3 is 2.35 bits per heavy atom. The molecular weight excluding hydrogens is 244 g/mol. The van der Waals surface area contributed by atoms with Crippen molar-refractivity contribution in [3.8, 4) is 0 Å². The average molecular weight is 268 g/mol. The van der Waals surface area contributed by atoms with Crippen LogP contribution in [0, 0.1) is 19.8 Å². The Kier molecular flexibility index (Phi) is 7.14. The highest BCUT2D eigenvalue weighted by molar-refractivity contribution is 7.98. The van der Waals surface area contributed by atoms with Crippen LogP contribution in [0.4, 0.5) is 0 Å². The first-order valence-corrected chi connectivity index (χ1v) is 8.16. The number of aryl methyl sites for hydroxylation is 2. The zero-order valence-electron chi connectivity index (χ0n) is 11.2. The topological polar surface area (TPSA) is 0 Å². The third kappa shape index (κ3) is 6.42. The van der Waals surface area contributed by atoms with Crippen LogP contribution in [0.15, 0.2) is 18.2 Å². The summed E-state index contributed by atoms with van der Waals surface area (Å²) in [5.74, 6) is 4.25. The molecule has 1 aromatic carbocycles. The van der Waals surface area contributed by atoms with Gasteiger partial charge in [0.15, 0.2) is 0 Å². The molecule has 1 atom stereocenters. The van der Waals surface area contributed by atoms with Crippen molar-refractivity contribution in [2.45, 2.75) is 39.4 Å². The quantitative estimate of drug-likeness (QED) is 0.543. The monoisotopic (exact) mass is 268 g/mol. The molecule has 1 unspecified atom stereocenters. The van der Waals surface area contributed by atoms with Crippen molar-refractivity contribution in [1.82, 2.24) is 0 Å². The van der Waals surface area contributed by atoms with E-state index >= 15 is 0 Å². The fourth-order valence-electron chi connectivity index (χ4n) is 1.99. The smallest absolute Gasteiger partial charge is 0.0184 e. The third-order valence-electron chi connectivity index (χ3n) is 2.93. The van der Waals surface area contributed by atoms with Crippen LogP contribution in [0.3, 0.4) is 0 Å². The van der Waals surface area contributed by atoms with Crippen LogP contribution in [-0.4, -0.2) is 11.5 Å². The normalized spacial score (nSPS) is 12.7. The van der Waals surface area contributed by atoms with Crippen LogP contribution in [-0.2, 0) is 5.75 Å². The molecule has 2 heteroatoms. The molecule has 0 bridgehead atoms. The van der Waals surface area contributed by atoms with E-state index in [4.69, 9.17) is 0 Å². The Morgan fingerprint density at radius 1 is 1.12 bits per heavy atom. The zero-order chi connectivity index (χ0) is 12.7. The first-order chi connectivity index (χ1) is 8.11. The van der Waals surface area contributed by atoms with Gasteiger partial charge >= 0.3 is 0 Å². The van der Waals surface area contributed by atoms with Crippen molar-refractivity contribution in [2.24, 2.45) is 5.92 Å². The molecule has 0 aromatic heterocycles. The minimum atomic E-state index is 0.819. The second-order valence-corrected chi connectivity index (χ2v) is 6.51. The average Bonchev–Trinajstić information content (AvgIpc) is 2.23. The molecule has 96 valence electrons. The molecule has 0 heterocycles. The van der Waals surface area contributed by atoms with Crippen LogP contribution >= 0.6 is 24.4 Å². The number of rotatable bonds is 7. The summed E-state index contributed by atoms with van der Waals surface area (Å²) in [5.41, 5.74) is 4.22. The molecule has 0 amide bonds. The van der Waals surface area contributed by atoms with Crippen molar-refractivity contribution in [2.75, 3.05) is 11.5 Å². The van der Waals surface area contributed by atoms with Gasteiger partial charge in [0.05, 0.1) is 0 Å². The van der Waals surface area contributed by atoms with Crippen LogP contribution < -0.4 is 0 Å². The molecule has 0 aliphatic rings. The first-order valence-electron chi connectivity index (χ1n) is 6.37. The molecular formula is C15H24S2. The summed E-state index contributed by atoms with van der Waals surface area (Å²) in [6, 6.07) is 6.84. The lowest BCUT2D eigenvalue weighted by molar-refractivity contribution is 0.554. The van der Waals surface area contributed by atoms with Gasteiger partial charge in [-0.2, -0.15) is 24.4 Å². The Bertz CT molecular complexity index is 313. The summed E-state index contributed by atoms with van der Waals surface area (Å²) in [5, 5.41) is 0. The number of benzene rings is 1. The van der Waals surface area contributed by atoms with Gasteiger partial charge in [0, 0.05) is 5.75 Å². The van der Waals surface area contributed by atoms with Gasteiger partial charge in [-0.1, -0.05) is 36.2 Å². The van der Waals surface area contributed by atoms with Crippen molar-refractivity contribution >= 4 is 24.4 Å². The van der Waals surface area contributed by atoms with Crippen molar-refractivity contribution in [1.29, 1.82) is 0 Å². The maximum atomic E-state index is 4.28. The number of thiol groups is 1. The Balaban J connectivity index is 2.26. The highest BCUT2D eigenvalue weighted by Gasteiger charge is 2.01. The summed E-state index contributed by atoms with van der Waals surface area (Å²) in [6.45, 7) is 6.68. The lowest BCUT2D eigenvalue weighted by Gasteiger charge is -2.09. The molecule has 0 aliphatic carbocycles. The van der Waals surface area contributed by atoms with Gasteiger partial charge in [0.25, 0.3) is 0 Å². The standard InChI is InChI=1S/C15H24S2/c1-12(4-6-16)5-7-17-11-15-9-13(2)8-14(3)10-15/h8-10,12,16H,4-7,11H2,1-3H3. The van der Waals surface area contributed by atoms with E-state index in [0.717, 1.165) is 17.4 Å².